The van der Waals surface area contributed by atoms with Gasteiger partial charge in [-0.05, 0) is 25.2 Å². The van der Waals surface area contributed by atoms with E-state index in [1.54, 1.807) is 0 Å². The van der Waals surface area contributed by atoms with Crippen molar-refractivity contribution < 1.29 is 9.59 Å². The molecular formula is C18H34N2O2. The number of piperidine rings is 1. The maximum atomic E-state index is 12.0. The molecule has 1 heterocycles. The van der Waals surface area contributed by atoms with E-state index in [1.807, 2.05) is 18.7 Å². The van der Waals surface area contributed by atoms with Crippen LogP contribution in [0.3, 0.4) is 0 Å². The molecular weight excluding hydrogens is 276 g/mol. The lowest BCUT2D eigenvalue weighted by Gasteiger charge is -2.32. The summed E-state index contributed by atoms with van der Waals surface area (Å²) in [6.07, 6.45) is 6.34. The number of nitrogens with one attached hydrogen (secondary N) is 1. The van der Waals surface area contributed by atoms with Crippen LogP contribution in [-0.2, 0) is 9.59 Å². The molecule has 0 spiro atoms. The molecule has 4 nitrogen and oxygen atoms in total. The molecule has 0 aliphatic carbocycles. The molecule has 0 unspecified atom stereocenters. The van der Waals surface area contributed by atoms with Crippen molar-refractivity contribution in [1.82, 2.24) is 10.2 Å². The Balaban J connectivity index is 2.12. The third kappa shape index (κ3) is 7.39. The highest BCUT2D eigenvalue weighted by atomic mass is 16.2. The van der Waals surface area contributed by atoms with Crippen LogP contribution >= 0.6 is 0 Å². The van der Waals surface area contributed by atoms with Crippen molar-refractivity contribution in [1.29, 1.82) is 0 Å². The number of likely N-dealkylation sites (tertiary alicyclic amines) is 1. The SMILES string of the molecule is CC(C)NCC(=O)N1CCC(CCCCC(=O)C(C)C)CC1. The second-order valence-electron chi connectivity index (χ2n) is 7.23. The number of rotatable bonds is 9. The Hall–Kier alpha value is -0.900. The first-order valence-electron chi connectivity index (χ1n) is 8.94. The Labute approximate surface area is 136 Å². The van der Waals surface area contributed by atoms with Crippen molar-refractivity contribution in [2.75, 3.05) is 19.6 Å². The average molecular weight is 310 g/mol. The van der Waals surface area contributed by atoms with Gasteiger partial charge in [0.25, 0.3) is 0 Å². The number of nitrogens with zero attached hydrogens (tertiary/aromatic N) is 1. The van der Waals surface area contributed by atoms with E-state index in [-0.39, 0.29) is 11.8 Å². The topological polar surface area (TPSA) is 49.4 Å². The van der Waals surface area contributed by atoms with Crippen LogP contribution in [0.25, 0.3) is 0 Å². The number of Topliss-reactive ketones (excluding diaryl/α,β-unsaturated/α-hetero) is 1. The maximum absolute atomic E-state index is 12.0. The molecule has 0 atom stereocenters. The fraction of sp³-hybridized carbons (Fsp3) is 0.889. The molecule has 0 aromatic heterocycles. The number of ketones is 1. The van der Waals surface area contributed by atoms with Crippen LogP contribution in [0.1, 0.15) is 66.2 Å². The van der Waals surface area contributed by atoms with Crippen molar-refractivity contribution in [3.05, 3.63) is 0 Å². The zero-order valence-corrected chi connectivity index (χ0v) is 14.9. The second-order valence-corrected chi connectivity index (χ2v) is 7.23. The Bertz CT molecular complexity index is 345. The summed E-state index contributed by atoms with van der Waals surface area (Å²) in [5.41, 5.74) is 0. The largest absolute Gasteiger partial charge is 0.342 e. The van der Waals surface area contributed by atoms with Crippen LogP contribution in [0, 0.1) is 11.8 Å². The van der Waals surface area contributed by atoms with E-state index < -0.39 is 0 Å². The van der Waals surface area contributed by atoms with Crippen molar-refractivity contribution in [2.45, 2.75) is 72.3 Å². The lowest BCUT2D eigenvalue weighted by Crippen LogP contribution is -2.44. The first-order chi connectivity index (χ1) is 10.4. The summed E-state index contributed by atoms with van der Waals surface area (Å²) in [7, 11) is 0. The normalized spacial score (nSPS) is 16.5. The molecule has 0 saturated carbocycles. The first kappa shape index (κ1) is 19.1. The van der Waals surface area contributed by atoms with Crippen molar-refractivity contribution >= 4 is 11.7 Å². The summed E-state index contributed by atoms with van der Waals surface area (Å²) >= 11 is 0. The molecule has 0 aromatic carbocycles. The standard InChI is InChI=1S/C18H34N2O2/c1-14(2)17(21)8-6-5-7-16-9-11-20(12-10-16)18(22)13-19-15(3)4/h14-16,19H,5-13H2,1-4H3. The van der Waals surface area contributed by atoms with Crippen molar-refractivity contribution in [3.8, 4) is 0 Å². The molecule has 1 fully saturated rings. The third-order valence-electron chi connectivity index (χ3n) is 4.56. The van der Waals surface area contributed by atoms with Gasteiger partial charge in [-0.25, -0.2) is 0 Å². The van der Waals surface area contributed by atoms with Crippen LogP contribution in [0.5, 0.6) is 0 Å². The van der Waals surface area contributed by atoms with Gasteiger partial charge in [0.15, 0.2) is 0 Å². The van der Waals surface area contributed by atoms with E-state index in [4.69, 9.17) is 0 Å². The van der Waals surface area contributed by atoms with Gasteiger partial charge >= 0.3 is 0 Å². The molecule has 4 heteroatoms. The van der Waals surface area contributed by atoms with Gasteiger partial charge in [0, 0.05) is 31.5 Å². The predicted molar refractivity (Wildman–Crippen MR) is 90.8 cm³/mol. The summed E-state index contributed by atoms with van der Waals surface area (Å²) in [5.74, 6) is 1.53. The summed E-state index contributed by atoms with van der Waals surface area (Å²) in [6.45, 7) is 10.3. The third-order valence-corrected chi connectivity index (χ3v) is 4.56. The van der Waals surface area contributed by atoms with E-state index >= 15 is 0 Å². The molecule has 1 rings (SSSR count). The molecule has 1 aliphatic heterocycles. The Morgan fingerprint density at radius 2 is 1.73 bits per heavy atom. The summed E-state index contributed by atoms with van der Waals surface area (Å²) in [5, 5.41) is 3.19. The van der Waals surface area contributed by atoms with Gasteiger partial charge < -0.3 is 10.2 Å². The zero-order chi connectivity index (χ0) is 16.5. The molecule has 1 N–H and O–H groups in total. The van der Waals surface area contributed by atoms with Crippen molar-refractivity contribution in [2.24, 2.45) is 11.8 Å². The minimum Gasteiger partial charge on any atom is -0.342 e. The minimum absolute atomic E-state index is 0.175. The fourth-order valence-electron chi connectivity index (χ4n) is 2.90. The van der Waals surface area contributed by atoms with Gasteiger partial charge in [0.2, 0.25) is 5.91 Å². The monoisotopic (exact) mass is 310 g/mol. The highest BCUT2D eigenvalue weighted by Gasteiger charge is 2.22. The lowest BCUT2D eigenvalue weighted by molar-refractivity contribution is -0.131. The van der Waals surface area contributed by atoms with Crippen LogP contribution in [-0.4, -0.2) is 42.3 Å². The molecule has 0 aromatic rings. The van der Waals surface area contributed by atoms with Gasteiger partial charge in [0.1, 0.15) is 5.78 Å². The number of carbonyl (C=O) groups excluding carboxylic acids is 2. The van der Waals surface area contributed by atoms with E-state index in [1.165, 1.54) is 6.42 Å². The molecule has 128 valence electrons. The Kier molecular flexibility index (Phi) is 8.69. The lowest BCUT2D eigenvalue weighted by atomic mass is 9.90. The number of hydrogen-bond acceptors (Lipinski definition) is 3. The van der Waals surface area contributed by atoms with Gasteiger partial charge in [-0.15, -0.1) is 0 Å². The molecule has 0 radical (unpaired) electrons. The number of hydrogen-bond donors (Lipinski definition) is 1. The van der Waals surface area contributed by atoms with E-state index in [9.17, 15) is 9.59 Å². The molecule has 1 saturated heterocycles. The fourth-order valence-corrected chi connectivity index (χ4v) is 2.90. The quantitative estimate of drug-likeness (QED) is 0.666. The second kappa shape index (κ2) is 9.98. The van der Waals surface area contributed by atoms with E-state index in [0.29, 0.717) is 18.4 Å². The molecule has 22 heavy (non-hydrogen) atoms. The van der Waals surface area contributed by atoms with Crippen molar-refractivity contribution in [3.63, 3.8) is 0 Å². The number of amides is 1. The molecule has 1 aliphatic rings. The summed E-state index contributed by atoms with van der Waals surface area (Å²) in [4.78, 5) is 25.6. The number of unbranched alkanes of at least 4 members (excludes halogenated alkanes) is 1. The Morgan fingerprint density at radius 1 is 1.09 bits per heavy atom. The van der Waals surface area contributed by atoms with Gasteiger partial charge in [-0.2, -0.15) is 0 Å². The summed E-state index contributed by atoms with van der Waals surface area (Å²) < 4.78 is 0. The van der Waals surface area contributed by atoms with Crippen LogP contribution in [0.4, 0.5) is 0 Å². The van der Waals surface area contributed by atoms with Crippen LogP contribution in [0.15, 0.2) is 0 Å². The zero-order valence-electron chi connectivity index (χ0n) is 14.9. The summed E-state index contributed by atoms with van der Waals surface area (Å²) in [6, 6.07) is 0.357. The number of carbonyl (C=O) groups is 2. The van der Waals surface area contributed by atoms with E-state index in [2.05, 4.69) is 19.2 Å². The first-order valence-corrected chi connectivity index (χ1v) is 8.94. The highest BCUT2D eigenvalue weighted by Crippen LogP contribution is 2.23. The van der Waals surface area contributed by atoms with E-state index in [0.717, 1.165) is 51.1 Å². The van der Waals surface area contributed by atoms with Crippen LogP contribution in [0.2, 0.25) is 0 Å². The molecule has 1 amide bonds. The smallest absolute Gasteiger partial charge is 0.236 e. The highest BCUT2D eigenvalue weighted by molar-refractivity contribution is 5.80. The Morgan fingerprint density at radius 3 is 2.27 bits per heavy atom. The predicted octanol–water partition coefficient (Wildman–Crippen LogP) is 3.01. The van der Waals surface area contributed by atoms with Gasteiger partial charge in [-0.3, -0.25) is 9.59 Å². The molecule has 0 bridgehead atoms. The minimum atomic E-state index is 0.175. The maximum Gasteiger partial charge on any atom is 0.236 e. The van der Waals surface area contributed by atoms with Gasteiger partial charge in [0.05, 0.1) is 6.54 Å². The van der Waals surface area contributed by atoms with Crippen LogP contribution < -0.4 is 5.32 Å². The average Bonchev–Trinajstić information content (AvgIpc) is 2.49. The van der Waals surface area contributed by atoms with Gasteiger partial charge in [-0.1, -0.05) is 40.5 Å².